The van der Waals surface area contributed by atoms with Crippen molar-refractivity contribution in [3.8, 4) is 0 Å². The van der Waals surface area contributed by atoms with E-state index < -0.39 is 67.3 Å². The van der Waals surface area contributed by atoms with E-state index in [2.05, 4.69) is 93.7 Å². The normalized spacial score (nSPS) is 18.9. The van der Waals surface area contributed by atoms with Gasteiger partial charge >= 0.3 is 23.9 Å². The number of aliphatic hydroxyl groups excluding tert-OH is 2. The van der Waals surface area contributed by atoms with E-state index in [1.54, 1.807) is 0 Å². The topological polar surface area (TPSA) is 175 Å². The highest BCUT2D eigenvalue weighted by Crippen LogP contribution is 2.26. The standard InChI is InChI=1S/C61H100O12/c1-4-7-10-13-16-19-22-24-25-26-27-28-29-31-33-35-38-41-44-47-53(62)69-50-52(71-54(63)48-45-42-39-37-34-30-23-20-17-14-11-8-5-2)51-70-61-59(57(66)56(65)58(73-61)60(67)68)72-55(64)49-46-43-40-36-32-21-18-15-12-9-6-3/h7,10,15-16,18-19,24-25,27-28,31,33,38,41,52,56-59,61,65-66H,4-6,8-9,11-14,17,20-23,26,29-30,32,34-37,39-40,42-51H2,1-3H3,(H,67,68)/b10-7-,18-15-,19-16-,25-24-,28-27-,33-31-,41-38-. The minimum atomic E-state index is -1.91. The molecule has 0 aromatic carbocycles. The molecule has 3 N–H and O–H groups in total. The SMILES string of the molecule is CC/C=C\C/C=C\C/C=C\C/C=C\C/C=C\C/C=C\CCC(=O)OCC(COC1OC(C(=O)O)C(O)C(O)C1OC(=O)CCCCCCC/C=C\CCCC)OC(=O)CCCCCCCCCCCCCCC. The summed E-state index contributed by atoms with van der Waals surface area (Å²) >= 11 is 0. The van der Waals surface area contributed by atoms with Crippen LogP contribution in [0.2, 0.25) is 0 Å². The van der Waals surface area contributed by atoms with E-state index in [1.165, 1.54) is 70.6 Å². The van der Waals surface area contributed by atoms with Gasteiger partial charge in [-0.2, -0.15) is 0 Å². The van der Waals surface area contributed by atoms with Crippen molar-refractivity contribution >= 4 is 23.9 Å². The molecule has 1 aliphatic heterocycles. The summed E-state index contributed by atoms with van der Waals surface area (Å²) in [6.45, 7) is 5.75. The molecular weight excluding hydrogens is 925 g/mol. The van der Waals surface area contributed by atoms with Gasteiger partial charge in [0.1, 0.15) is 18.8 Å². The summed E-state index contributed by atoms with van der Waals surface area (Å²) in [4.78, 5) is 50.9. The van der Waals surface area contributed by atoms with Crippen molar-refractivity contribution in [1.29, 1.82) is 0 Å². The molecule has 1 aliphatic rings. The van der Waals surface area contributed by atoms with Crippen molar-refractivity contribution in [2.24, 2.45) is 0 Å². The van der Waals surface area contributed by atoms with Gasteiger partial charge in [-0.25, -0.2) is 4.79 Å². The van der Waals surface area contributed by atoms with Crippen LogP contribution in [0.15, 0.2) is 85.1 Å². The molecule has 0 spiro atoms. The predicted molar refractivity (Wildman–Crippen MR) is 294 cm³/mol. The number of allylic oxidation sites excluding steroid dienone is 14. The average Bonchev–Trinajstić information content (AvgIpc) is 3.37. The van der Waals surface area contributed by atoms with Crippen LogP contribution >= 0.6 is 0 Å². The molecule has 0 bridgehead atoms. The van der Waals surface area contributed by atoms with Gasteiger partial charge in [-0.1, -0.05) is 215 Å². The Kier molecular flexibility index (Phi) is 44.7. The van der Waals surface area contributed by atoms with E-state index in [4.69, 9.17) is 23.7 Å². The Bertz CT molecular complexity index is 1590. The van der Waals surface area contributed by atoms with Crippen LogP contribution in [0.4, 0.5) is 0 Å². The largest absolute Gasteiger partial charge is 0.479 e. The number of carbonyl (C=O) groups excluding carboxylic acids is 3. The van der Waals surface area contributed by atoms with Gasteiger partial charge in [0.2, 0.25) is 0 Å². The third-order valence-corrected chi connectivity index (χ3v) is 12.5. The number of unbranched alkanes of at least 4 members (excludes halogenated alkanes) is 19. The Morgan fingerprint density at radius 2 is 0.904 bits per heavy atom. The van der Waals surface area contributed by atoms with Crippen LogP contribution in [-0.2, 0) is 42.9 Å². The molecule has 0 aliphatic carbocycles. The lowest BCUT2D eigenvalue weighted by atomic mass is 9.98. The summed E-state index contributed by atoms with van der Waals surface area (Å²) in [7, 11) is 0. The smallest absolute Gasteiger partial charge is 0.335 e. The van der Waals surface area contributed by atoms with Gasteiger partial charge in [0.05, 0.1) is 6.61 Å². The zero-order chi connectivity index (χ0) is 53.3. The van der Waals surface area contributed by atoms with Crippen LogP contribution in [0.25, 0.3) is 0 Å². The summed E-state index contributed by atoms with van der Waals surface area (Å²) in [6.07, 6.45) is 50.1. The highest BCUT2D eigenvalue weighted by Gasteiger charge is 2.50. The lowest BCUT2D eigenvalue weighted by molar-refractivity contribution is -0.301. The van der Waals surface area contributed by atoms with Crippen LogP contribution < -0.4 is 0 Å². The van der Waals surface area contributed by atoms with Crippen LogP contribution in [-0.4, -0.2) is 89.2 Å². The van der Waals surface area contributed by atoms with Gasteiger partial charge in [-0.3, -0.25) is 14.4 Å². The molecule has 12 heteroatoms. The summed E-state index contributed by atoms with van der Waals surface area (Å²) in [5.74, 6) is -3.24. The lowest BCUT2D eigenvalue weighted by Gasteiger charge is -2.40. The molecule has 1 rings (SSSR count). The summed E-state index contributed by atoms with van der Waals surface area (Å²) in [5.41, 5.74) is 0. The fourth-order valence-corrected chi connectivity index (χ4v) is 8.08. The summed E-state index contributed by atoms with van der Waals surface area (Å²) in [5, 5.41) is 31.4. The molecule has 1 heterocycles. The first-order valence-electron chi connectivity index (χ1n) is 28.6. The first kappa shape index (κ1) is 66.9. The number of rotatable bonds is 47. The Hall–Kier alpha value is -4.10. The molecule has 416 valence electrons. The zero-order valence-corrected chi connectivity index (χ0v) is 45.6. The third kappa shape index (κ3) is 39.0. The molecule has 0 aromatic heterocycles. The number of carboxylic acid groups (broad SMARTS) is 1. The second-order valence-electron chi connectivity index (χ2n) is 19.2. The molecular formula is C61H100O12. The molecule has 0 radical (unpaired) electrons. The van der Waals surface area contributed by atoms with Gasteiger partial charge < -0.3 is 39.0 Å². The number of hydrogen-bond acceptors (Lipinski definition) is 11. The number of aliphatic hydroxyl groups is 2. The Morgan fingerprint density at radius 1 is 0.466 bits per heavy atom. The highest BCUT2D eigenvalue weighted by molar-refractivity contribution is 5.74. The monoisotopic (exact) mass is 1020 g/mol. The summed E-state index contributed by atoms with van der Waals surface area (Å²) < 4.78 is 28.3. The number of carbonyl (C=O) groups is 4. The van der Waals surface area contributed by atoms with Gasteiger partial charge in [-0.05, 0) is 77.0 Å². The molecule has 12 nitrogen and oxygen atoms in total. The van der Waals surface area contributed by atoms with E-state index in [-0.39, 0.29) is 25.9 Å². The second kappa shape index (κ2) is 48.8. The Balaban J connectivity index is 2.74. The van der Waals surface area contributed by atoms with Gasteiger partial charge in [-0.15, -0.1) is 0 Å². The van der Waals surface area contributed by atoms with Crippen LogP contribution in [0.1, 0.15) is 226 Å². The molecule has 0 saturated carbocycles. The van der Waals surface area contributed by atoms with Crippen molar-refractivity contribution in [3.05, 3.63) is 85.1 Å². The van der Waals surface area contributed by atoms with Gasteiger partial charge in [0.25, 0.3) is 0 Å². The first-order chi connectivity index (χ1) is 35.6. The number of esters is 3. The van der Waals surface area contributed by atoms with Gasteiger partial charge in [0.15, 0.2) is 24.6 Å². The molecule has 6 unspecified atom stereocenters. The fourth-order valence-electron chi connectivity index (χ4n) is 8.08. The predicted octanol–water partition coefficient (Wildman–Crippen LogP) is 14.3. The maximum atomic E-state index is 13.1. The zero-order valence-electron chi connectivity index (χ0n) is 45.6. The Labute approximate surface area is 441 Å². The molecule has 1 saturated heterocycles. The summed E-state index contributed by atoms with van der Waals surface area (Å²) in [6, 6.07) is 0. The highest BCUT2D eigenvalue weighted by atomic mass is 16.7. The quantitative estimate of drug-likeness (QED) is 0.0228. The molecule has 0 amide bonds. The molecule has 73 heavy (non-hydrogen) atoms. The van der Waals surface area contributed by atoms with E-state index in [0.717, 1.165) is 96.3 Å². The molecule has 6 atom stereocenters. The maximum Gasteiger partial charge on any atom is 0.335 e. The van der Waals surface area contributed by atoms with Crippen molar-refractivity contribution in [2.45, 2.75) is 263 Å². The van der Waals surface area contributed by atoms with Crippen molar-refractivity contribution in [3.63, 3.8) is 0 Å². The number of hydrogen-bond donors (Lipinski definition) is 3. The number of aliphatic carboxylic acids is 1. The molecule has 0 aromatic rings. The van der Waals surface area contributed by atoms with Crippen molar-refractivity contribution in [2.75, 3.05) is 13.2 Å². The van der Waals surface area contributed by atoms with E-state index in [0.29, 0.717) is 19.3 Å². The minimum absolute atomic E-state index is 0.0409. The van der Waals surface area contributed by atoms with E-state index >= 15 is 0 Å². The first-order valence-corrected chi connectivity index (χ1v) is 28.6. The minimum Gasteiger partial charge on any atom is -0.479 e. The third-order valence-electron chi connectivity index (χ3n) is 12.5. The molecule has 1 fully saturated rings. The van der Waals surface area contributed by atoms with Crippen LogP contribution in [0, 0.1) is 0 Å². The fraction of sp³-hybridized carbons (Fsp3) is 0.705. The maximum absolute atomic E-state index is 13.1. The van der Waals surface area contributed by atoms with E-state index in [1.807, 2.05) is 12.2 Å². The average molecular weight is 1030 g/mol. The number of carboxylic acids is 1. The van der Waals surface area contributed by atoms with E-state index in [9.17, 15) is 34.5 Å². The number of ether oxygens (including phenoxy) is 5. The Morgan fingerprint density at radius 3 is 1.41 bits per heavy atom. The van der Waals surface area contributed by atoms with Crippen molar-refractivity contribution in [1.82, 2.24) is 0 Å². The van der Waals surface area contributed by atoms with Crippen molar-refractivity contribution < 1.29 is 58.2 Å². The van der Waals surface area contributed by atoms with Crippen LogP contribution in [0.5, 0.6) is 0 Å². The lowest BCUT2D eigenvalue weighted by Crippen LogP contribution is -2.61. The second-order valence-corrected chi connectivity index (χ2v) is 19.2. The van der Waals surface area contributed by atoms with Gasteiger partial charge in [0, 0.05) is 19.3 Å². The van der Waals surface area contributed by atoms with Crippen LogP contribution in [0.3, 0.4) is 0 Å².